The lowest BCUT2D eigenvalue weighted by Gasteiger charge is -2.10. The normalized spacial score (nSPS) is 10.5. The van der Waals surface area contributed by atoms with Crippen molar-refractivity contribution in [2.45, 2.75) is 20.0 Å². The fourth-order valence-electron chi connectivity index (χ4n) is 1.99. The molecule has 0 bridgehead atoms. The van der Waals surface area contributed by atoms with Gasteiger partial charge in [-0.05, 0) is 22.4 Å². The van der Waals surface area contributed by atoms with Gasteiger partial charge in [0.2, 0.25) is 0 Å². The molecular formula is C15H19BrN2O3. The topological polar surface area (TPSA) is 45.5 Å². The number of hydrogen-bond donors (Lipinski definition) is 0. The highest BCUT2D eigenvalue weighted by atomic mass is 79.9. The third-order valence-electron chi connectivity index (χ3n) is 3.20. The van der Waals surface area contributed by atoms with E-state index >= 15 is 0 Å². The summed E-state index contributed by atoms with van der Waals surface area (Å²) in [5, 5.41) is 4.45. The molecule has 0 saturated carbocycles. The molecule has 2 aromatic rings. The van der Waals surface area contributed by atoms with Crippen molar-refractivity contribution < 1.29 is 14.2 Å². The van der Waals surface area contributed by atoms with Gasteiger partial charge in [0.05, 0.1) is 30.1 Å². The van der Waals surface area contributed by atoms with Crippen molar-refractivity contribution in [3.05, 3.63) is 34.1 Å². The summed E-state index contributed by atoms with van der Waals surface area (Å²) in [6.07, 6.45) is 0.876. The van der Waals surface area contributed by atoms with Crippen molar-refractivity contribution in [1.82, 2.24) is 9.78 Å². The van der Waals surface area contributed by atoms with Crippen LogP contribution >= 0.6 is 15.9 Å². The maximum absolute atomic E-state index is 5.85. The van der Waals surface area contributed by atoms with Crippen LogP contribution in [-0.2, 0) is 20.1 Å². The zero-order valence-electron chi connectivity index (χ0n) is 12.6. The molecule has 0 amide bonds. The second kappa shape index (κ2) is 6.85. The number of halogens is 1. The zero-order valence-corrected chi connectivity index (χ0v) is 14.2. The molecule has 0 aliphatic rings. The Kier molecular flexibility index (Phi) is 5.12. The van der Waals surface area contributed by atoms with E-state index in [-0.39, 0.29) is 0 Å². The van der Waals surface area contributed by atoms with E-state index in [0.717, 1.165) is 22.3 Å². The SMILES string of the molecule is CCc1nn(C)c(COc2cc(OC)cc(OC)c2)c1Br. The number of ether oxygens (including phenoxy) is 3. The van der Waals surface area contributed by atoms with Gasteiger partial charge in [-0.15, -0.1) is 0 Å². The van der Waals surface area contributed by atoms with Crippen molar-refractivity contribution in [2.75, 3.05) is 14.2 Å². The van der Waals surface area contributed by atoms with Gasteiger partial charge >= 0.3 is 0 Å². The number of hydrogen-bond acceptors (Lipinski definition) is 4. The maximum Gasteiger partial charge on any atom is 0.131 e. The molecule has 0 unspecified atom stereocenters. The molecule has 5 nitrogen and oxygen atoms in total. The molecule has 0 aliphatic carbocycles. The summed E-state index contributed by atoms with van der Waals surface area (Å²) in [5.41, 5.74) is 2.02. The largest absolute Gasteiger partial charge is 0.496 e. The van der Waals surface area contributed by atoms with Crippen LogP contribution in [0, 0.1) is 0 Å². The lowest BCUT2D eigenvalue weighted by atomic mass is 10.3. The first-order valence-electron chi connectivity index (χ1n) is 6.65. The van der Waals surface area contributed by atoms with E-state index in [2.05, 4.69) is 28.0 Å². The summed E-state index contributed by atoms with van der Waals surface area (Å²) in [6, 6.07) is 5.46. The van der Waals surface area contributed by atoms with Crippen molar-refractivity contribution in [3.63, 3.8) is 0 Å². The van der Waals surface area contributed by atoms with Gasteiger partial charge in [0.15, 0.2) is 0 Å². The maximum atomic E-state index is 5.85. The minimum absolute atomic E-state index is 0.417. The monoisotopic (exact) mass is 354 g/mol. The molecule has 21 heavy (non-hydrogen) atoms. The molecule has 0 N–H and O–H groups in total. The number of methoxy groups -OCH3 is 2. The number of nitrogens with zero attached hydrogens (tertiary/aromatic N) is 2. The van der Waals surface area contributed by atoms with Gasteiger partial charge in [-0.25, -0.2) is 0 Å². The zero-order chi connectivity index (χ0) is 15.4. The van der Waals surface area contributed by atoms with Crippen LogP contribution in [0.4, 0.5) is 0 Å². The van der Waals surface area contributed by atoms with Gasteiger partial charge in [0, 0.05) is 25.2 Å². The molecule has 1 heterocycles. The highest BCUT2D eigenvalue weighted by molar-refractivity contribution is 9.10. The van der Waals surface area contributed by atoms with E-state index in [0.29, 0.717) is 23.9 Å². The summed E-state index contributed by atoms with van der Waals surface area (Å²) in [7, 11) is 5.14. The lowest BCUT2D eigenvalue weighted by molar-refractivity contribution is 0.289. The van der Waals surface area contributed by atoms with Crippen LogP contribution < -0.4 is 14.2 Å². The lowest BCUT2D eigenvalue weighted by Crippen LogP contribution is -2.04. The number of benzene rings is 1. The molecule has 0 saturated heterocycles. The first kappa shape index (κ1) is 15.7. The molecule has 0 atom stereocenters. The molecule has 1 aromatic carbocycles. The Balaban J connectivity index is 2.18. The third kappa shape index (κ3) is 3.50. The van der Waals surface area contributed by atoms with Gasteiger partial charge < -0.3 is 14.2 Å². The minimum atomic E-state index is 0.417. The van der Waals surface area contributed by atoms with Gasteiger partial charge in [-0.1, -0.05) is 6.92 Å². The third-order valence-corrected chi connectivity index (χ3v) is 4.12. The fourth-order valence-corrected chi connectivity index (χ4v) is 2.72. The summed E-state index contributed by atoms with van der Waals surface area (Å²) < 4.78 is 19.1. The Morgan fingerprint density at radius 1 is 1.10 bits per heavy atom. The Morgan fingerprint density at radius 2 is 1.67 bits per heavy atom. The molecule has 6 heteroatoms. The first-order valence-corrected chi connectivity index (χ1v) is 7.44. The van der Waals surface area contributed by atoms with E-state index in [4.69, 9.17) is 14.2 Å². The van der Waals surface area contributed by atoms with Gasteiger partial charge in [0.25, 0.3) is 0 Å². The van der Waals surface area contributed by atoms with E-state index in [1.54, 1.807) is 14.2 Å². The Hall–Kier alpha value is -1.69. The molecule has 1 aromatic heterocycles. The Morgan fingerprint density at radius 3 is 2.14 bits per heavy atom. The fraction of sp³-hybridized carbons (Fsp3) is 0.400. The van der Waals surface area contributed by atoms with Crippen LogP contribution in [0.2, 0.25) is 0 Å². The van der Waals surface area contributed by atoms with Gasteiger partial charge in [-0.3, -0.25) is 4.68 Å². The number of aromatic nitrogens is 2. The molecule has 2 rings (SSSR count). The quantitative estimate of drug-likeness (QED) is 0.797. The van der Waals surface area contributed by atoms with Crippen LogP contribution in [0.5, 0.6) is 17.2 Å². The average Bonchev–Trinajstić information content (AvgIpc) is 2.78. The Labute approximate surface area is 132 Å². The van der Waals surface area contributed by atoms with Crippen molar-refractivity contribution in [1.29, 1.82) is 0 Å². The summed E-state index contributed by atoms with van der Waals surface area (Å²) in [5.74, 6) is 2.09. The highest BCUT2D eigenvalue weighted by Crippen LogP contribution is 2.29. The second-order valence-electron chi connectivity index (χ2n) is 4.52. The van der Waals surface area contributed by atoms with Gasteiger partial charge in [-0.2, -0.15) is 5.10 Å². The van der Waals surface area contributed by atoms with Crippen molar-refractivity contribution >= 4 is 15.9 Å². The summed E-state index contributed by atoms with van der Waals surface area (Å²) in [4.78, 5) is 0. The van der Waals surface area contributed by atoms with E-state index in [9.17, 15) is 0 Å². The van der Waals surface area contributed by atoms with E-state index < -0.39 is 0 Å². The molecule has 0 aliphatic heterocycles. The van der Waals surface area contributed by atoms with Crippen molar-refractivity contribution in [3.8, 4) is 17.2 Å². The predicted molar refractivity (Wildman–Crippen MR) is 84.2 cm³/mol. The number of aryl methyl sites for hydroxylation is 2. The van der Waals surface area contributed by atoms with Crippen LogP contribution in [-0.4, -0.2) is 24.0 Å². The predicted octanol–water partition coefficient (Wildman–Crippen LogP) is 3.34. The van der Waals surface area contributed by atoms with Crippen LogP contribution in [0.25, 0.3) is 0 Å². The molecule has 0 spiro atoms. The first-order chi connectivity index (χ1) is 10.1. The van der Waals surface area contributed by atoms with Crippen molar-refractivity contribution in [2.24, 2.45) is 7.05 Å². The van der Waals surface area contributed by atoms with Gasteiger partial charge in [0.1, 0.15) is 23.9 Å². The average molecular weight is 355 g/mol. The smallest absolute Gasteiger partial charge is 0.131 e. The minimum Gasteiger partial charge on any atom is -0.496 e. The second-order valence-corrected chi connectivity index (χ2v) is 5.31. The highest BCUT2D eigenvalue weighted by Gasteiger charge is 2.13. The number of rotatable bonds is 6. The standard InChI is InChI=1S/C15H19BrN2O3/c1-5-13-15(16)14(18(2)17-13)9-21-12-7-10(19-3)6-11(8-12)20-4/h6-8H,5,9H2,1-4H3. The van der Waals surface area contributed by atoms with Crippen LogP contribution in [0.3, 0.4) is 0 Å². The Bertz CT molecular complexity index is 603. The molecule has 114 valence electrons. The van der Waals surface area contributed by atoms with E-state index in [1.807, 2.05) is 29.9 Å². The van der Waals surface area contributed by atoms with E-state index in [1.165, 1.54) is 0 Å². The summed E-state index contributed by atoms with van der Waals surface area (Å²) in [6.45, 7) is 2.49. The van der Waals surface area contributed by atoms with Crippen LogP contribution in [0.15, 0.2) is 22.7 Å². The molecule has 0 fully saturated rings. The molecular weight excluding hydrogens is 336 g/mol. The van der Waals surface area contributed by atoms with Crippen LogP contribution in [0.1, 0.15) is 18.3 Å². The molecule has 0 radical (unpaired) electrons. The summed E-state index contributed by atoms with van der Waals surface area (Å²) >= 11 is 3.58.